The number of benzene rings is 2. The molecule has 2 N–H and O–H groups in total. The van der Waals surface area contributed by atoms with Crippen molar-refractivity contribution in [1.82, 2.24) is 8.75 Å². The van der Waals surface area contributed by atoms with Crippen LogP contribution in [0.3, 0.4) is 0 Å². The normalized spacial score (nSPS) is 11.7. The van der Waals surface area contributed by atoms with Crippen LogP contribution < -0.4 is 10.6 Å². The van der Waals surface area contributed by atoms with Crippen molar-refractivity contribution in [2.24, 2.45) is 0 Å². The number of carbonyl (C=O) groups is 1. The number of rotatable bonds is 5. The summed E-state index contributed by atoms with van der Waals surface area (Å²) in [5.74, 6) is -0.253. The number of anilines is 2. The zero-order chi connectivity index (χ0) is 16.1. The Morgan fingerprint density at radius 2 is 1.74 bits per heavy atom. The molecule has 116 valence electrons. The van der Waals surface area contributed by atoms with Crippen molar-refractivity contribution in [3.63, 3.8) is 0 Å². The minimum atomic E-state index is -0.253. The van der Waals surface area contributed by atoms with E-state index in [1.54, 1.807) is 0 Å². The molecule has 3 aromatic rings. The van der Waals surface area contributed by atoms with E-state index in [4.69, 9.17) is 0 Å². The van der Waals surface area contributed by atoms with Crippen molar-refractivity contribution in [2.75, 3.05) is 10.6 Å². The minimum Gasteiger partial charge on any atom is -0.379 e. The van der Waals surface area contributed by atoms with Crippen LogP contribution >= 0.6 is 11.7 Å². The summed E-state index contributed by atoms with van der Waals surface area (Å²) in [6, 6.07) is 18.0. The van der Waals surface area contributed by atoms with E-state index in [0.29, 0.717) is 5.69 Å². The quantitative estimate of drug-likeness (QED) is 0.745. The molecule has 0 bridgehead atoms. The summed E-state index contributed by atoms with van der Waals surface area (Å²) in [6.07, 6.45) is 1.46. The van der Waals surface area contributed by atoms with Gasteiger partial charge in [-0.15, -0.1) is 0 Å². The topological polar surface area (TPSA) is 66.9 Å². The molecule has 0 aliphatic heterocycles. The summed E-state index contributed by atoms with van der Waals surface area (Å²) in [7, 11) is 0. The smallest absolute Gasteiger partial charge is 0.277 e. The van der Waals surface area contributed by atoms with Crippen LogP contribution in [0.5, 0.6) is 0 Å². The number of aromatic nitrogens is 2. The Kier molecular flexibility index (Phi) is 4.63. The first-order valence-electron chi connectivity index (χ1n) is 7.23. The Bertz CT molecular complexity index is 757. The third-order valence-electron chi connectivity index (χ3n) is 3.42. The molecule has 1 amide bonds. The van der Waals surface area contributed by atoms with Crippen LogP contribution in [-0.2, 0) is 0 Å². The largest absolute Gasteiger partial charge is 0.379 e. The van der Waals surface area contributed by atoms with Crippen LogP contribution in [0, 0.1) is 0 Å². The average molecular weight is 324 g/mol. The fraction of sp³-hybridized carbons (Fsp3) is 0.118. The zero-order valence-corrected chi connectivity index (χ0v) is 13.4. The van der Waals surface area contributed by atoms with Gasteiger partial charge < -0.3 is 10.6 Å². The molecule has 0 fully saturated rings. The first-order valence-corrected chi connectivity index (χ1v) is 7.96. The van der Waals surface area contributed by atoms with Crippen molar-refractivity contribution < 1.29 is 4.79 Å². The van der Waals surface area contributed by atoms with Crippen molar-refractivity contribution >= 4 is 29.0 Å². The minimum absolute atomic E-state index is 0.206. The molecule has 3 rings (SSSR count). The highest BCUT2D eigenvalue weighted by Crippen LogP contribution is 2.20. The van der Waals surface area contributed by atoms with Crippen LogP contribution in [-0.4, -0.2) is 14.7 Å². The number of hydrogen-bond donors (Lipinski definition) is 2. The molecule has 0 unspecified atom stereocenters. The van der Waals surface area contributed by atoms with Gasteiger partial charge in [0.15, 0.2) is 5.69 Å². The van der Waals surface area contributed by atoms with Gasteiger partial charge in [-0.2, -0.15) is 8.75 Å². The van der Waals surface area contributed by atoms with Crippen LogP contribution in [0.1, 0.15) is 29.0 Å². The molecule has 2 aromatic carbocycles. The van der Waals surface area contributed by atoms with Crippen LogP contribution in [0.2, 0.25) is 0 Å². The monoisotopic (exact) mass is 324 g/mol. The van der Waals surface area contributed by atoms with Gasteiger partial charge in [0, 0.05) is 17.4 Å². The summed E-state index contributed by atoms with van der Waals surface area (Å²) in [6.45, 7) is 2.11. The highest BCUT2D eigenvalue weighted by molar-refractivity contribution is 6.99. The fourth-order valence-electron chi connectivity index (χ4n) is 2.18. The molecule has 6 heteroatoms. The van der Waals surface area contributed by atoms with Gasteiger partial charge in [0.1, 0.15) is 0 Å². The predicted octanol–water partition coefficient (Wildman–Crippen LogP) is 3.96. The summed E-state index contributed by atoms with van der Waals surface area (Å²) >= 11 is 1.01. The summed E-state index contributed by atoms with van der Waals surface area (Å²) < 4.78 is 7.73. The zero-order valence-electron chi connectivity index (χ0n) is 12.6. The molecule has 1 aromatic heterocycles. The Balaban J connectivity index is 1.62. The second-order valence-electron chi connectivity index (χ2n) is 5.10. The number of amides is 1. The molecule has 1 heterocycles. The molecule has 0 saturated heterocycles. The number of nitrogens with one attached hydrogen (secondary N) is 2. The maximum Gasteiger partial charge on any atom is 0.277 e. The molecule has 23 heavy (non-hydrogen) atoms. The van der Waals surface area contributed by atoms with Crippen molar-refractivity contribution in [1.29, 1.82) is 0 Å². The van der Waals surface area contributed by atoms with Gasteiger partial charge >= 0.3 is 0 Å². The molecular formula is C17H16N4OS. The number of nitrogens with zero attached hydrogens (tertiary/aromatic N) is 2. The standard InChI is InChI=1S/C17H16N4OS/c1-12(13-5-3-2-4-6-13)19-14-7-9-15(10-8-14)20-17(22)16-11-18-23-21-16/h2-12,19H,1H3,(H,20,22)/t12-/m1/s1. The lowest BCUT2D eigenvalue weighted by atomic mass is 10.1. The van der Waals surface area contributed by atoms with Crippen molar-refractivity contribution in [3.05, 3.63) is 72.1 Å². The van der Waals surface area contributed by atoms with Gasteiger partial charge in [-0.1, -0.05) is 30.3 Å². The van der Waals surface area contributed by atoms with Gasteiger partial charge in [-0.25, -0.2) is 0 Å². The van der Waals surface area contributed by atoms with Gasteiger partial charge in [-0.05, 0) is 36.8 Å². The maximum absolute atomic E-state index is 11.9. The lowest BCUT2D eigenvalue weighted by Gasteiger charge is -2.16. The Morgan fingerprint density at radius 1 is 1.04 bits per heavy atom. The molecule has 1 atom stereocenters. The lowest BCUT2D eigenvalue weighted by molar-refractivity contribution is 0.102. The lowest BCUT2D eigenvalue weighted by Crippen LogP contribution is -2.12. The molecular weight excluding hydrogens is 308 g/mol. The Labute approximate surface area is 138 Å². The average Bonchev–Trinajstić information content (AvgIpc) is 3.12. The van der Waals surface area contributed by atoms with Gasteiger partial charge in [0.05, 0.1) is 17.9 Å². The first-order chi connectivity index (χ1) is 11.2. The SMILES string of the molecule is C[C@@H](Nc1ccc(NC(=O)c2cnsn2)cc1)c1ccccc1. The van der Waals surface area contributed by atoms with Gasteiger partial charge in [0.2, 0.25) is 0 Å². The van der Waals surface area contributed by atoms with E-state index in [1.807, 2.05) is 42.5 Å². The number of hydrogen-bond acceptors (Lipinski definition) is 5. The van der Waals surface area contributed by atoms with Crippen molar-refractivity contribution in [2.45, 2.75) is 13.0 Å². The molecule has 0 aliphatic rings. The molecule has 0 spiro atoms. The van der Waals surface area contributed by atoms with E-state index in [1.165, 1.54) is 11.8 Å². The Hall–Kier alpha value is -2.73. The van der Waals surface area contributed by atoms with E-state index in [0.717, 1.165) is 23.1 Å². The van der Waals surface area contributed by atoms with E-state index < -0.39 is 0 Å². The van der Waals surface area contributed by atoms with Crippen LogP contribution in [0.4, 0.5) is 11.4 Å². The van der Waals surface area contributed by atoms with E-state index in [2.05, 4.69) is 38.4 Å². The number of carbonyl (C=O) groups excluding carboxylic acids is 1. The predicted molar refractivity (Wildman–Crippen MR) is 92.8 cm³/mol. The van der Waals surface area contributed by atoms with Crippen molar-refractivity contribution in [3.8, 4) is 0 Å². The van der Waals surface area contributed by atoms with Gasteiger partial charge in [-0.3, -0.25) is 4.79 Å². The summed E-state index contributed by atoms with van der Waals surface area (Å²) in [4.78, 5) is 11.9. The Morgan fingerprint density at radius 3 is 2.39 bits per heavy atom. The second kappa shape index (κ2) is 7.02. The second-order valence-corrected chi connectivity index (χ2v) is 5.66. The van der Waals surface area contributed by atoms with E-state index >= 15 is 0 Å². The third kappa shape index (κ3) is 3.92. The molecule has 0 saturated carbocycles. The molecule has 0 aliphatic carbocycles. The summed E-state index contributed by atoms with van der Waals surface area (Å²) in [5.41, 5.74) is 3.27. The fourth-order valence-corrected chi connectivity index (χ4v) is 2.60. The van der Waals surface area contributed by atoms with E-state index in [-0.39, 0.29) is 11.9 Å². The first kappa shape index (κ1) is 15.2. The van der Waals surface area contributed by atoms with Crippen LogP contribution in [0.25, 0.3) is 0 Å². The van der Waals surface area contributed by atoms with Crippen LogP contribution in [0.15, 0.2) is 60.8 Å². The molecule has 5 nitrogen and oxygen atoms in total. The van der Waals surface area contributed by atoms with E-state index in [9.17, 15) is 4.79 Å². The highest BCUT2D eigenvalue weighted by Gasteiger charge is 2.09. The third-order valence-corrected chi connectivity index (χ3v) is 3.90. The van der Waals surface area contributed by atoms with Gasteiger partial charge in [0.25, 0.3) is 5.91 Å². The highest BCUT2D eigenvalue weighted by atomic mass is 32.1. The summed E-state index contributed by atoms with van der Waals surface area (Å²) in [5, 5.41) is 6.23. The maximum atomic E-state index is 11.9. The molecule has 0 radical (unpaired) electrons.